The Labute approximate surface area is 130 Å². The summed E-state index contributed by atoms with van der Waals surface area (Å²) < 4.78 is 11.1. The molecule has 0 aromatic heterocycles. The molecule has 2 aromatic rings. The third kappa shape index (κ3) is 4.30. The Hall–Kier alpha value is -1.87. The molecule has 0 fully saturated rings. The van der Waals surface area contributed by atoms with Crippen molar-refractivity contribution in [3.63, 3.8) is 0 Å². The lowest BCUT2D eigenvalue weighted by atomic mass is 10.1. The Morgan fingerprint density at radius 2 is 1.90 bits per heavy atom. The van der Waals surface area contributed by atoms with Gasteiger partial charge in [-0.25, -0.2) is 0 Å². The lowest BCUT2D eigenvalue weighted by Crippen LogP contribution is -2.12. The largest absolute Gasteiger partial charge is 0.493 e. The van der Waals surface area contributed by atoms with Crippen LogP contribution in [0, 0.1) is 0 Å². The average Bonchev–Trinajstić information content (AvgIpc) is 2.53. The Morgan fingerprint density at radius 1 is 1.10 bits per heavy atom. The van der Waals surface area contributed by atoms with E-state index in [0.717, 1.165) is 23.6 Å². The molecule has 0 aliphatic carbocycles. The number of halogens is 1. The number of hydrogen-bond acceptors (Lipinski definition) is 3. The van der Waals surface area contributed by atoms with E-state index in [1.807, 2.05) is 36.4 Å². The first-order valence-electron chi connectivity index (χ1n) is 7.02. The average molecular weight is 306 g/mol. The zero-order valence-electron chi connectivity index (χ0n) is 12.4. The molecule has 21 heavy (non-hydrogen) atoms. The van der Waals surface area contributed by atoms with Crippen LogP contribution in [0.25, 0.3) is 0 Å². The second-order valence-electron chi connectivity index (χ2n) is 4.59. The van der Waals surface area contributed by atoms with Crippen molar-refractivity contribution < 1.29 is 9.47 Å². The molecule has 3 nitrogen and oxygen atoms in total. The highest BCUT2D eigenvalue weighted by atomic mass is 35.5. The maximum absolute atomic E-state index is 6.08. The molecule has 0 spiro atoms. The van der Waals surface area contributed by atoms with Crippen molar-refractivity contribution in [3.05, 3.63) is 53.1 Å². The predicted octanol–water partition coefficient (Wildman–Crippen LogP) is 4.40. The van der Waals surface area contributed by atoms with Gasteiger partial charge in [0, 0.05) is 6.54 Å². The normalized spacial score (nSPS) is 10.2. The van der Waals surface area contributed by atoms with E-state index in [1.54, 1.807) is 7.11 Å². The highest BCUT2D eigenvalue weighted by molar-refractivity contribution is 6.33. The second-order valence-corrected chi connectivity index (χ2v) is 5.00. The van der Waals surface area contributed by atoms with Gasteiger partial charge in [0.15, 0.2) is 11.5 Å². The third-order valence-corrected chi connectivity index (χ3v) is 3.51. The molecule has 2 rings (SSSR count). The van der Waals surface area contributed by atoms with Crippen molar-refractivity contribution in [3.8, 4) is 11.5 Å². The number of ether oxygens (including phenoxy) is 2. The van der Waals surface area contributed by atoms with Gasteiger partial charge in [0.05, 0.1) is 17.8 Å². The molecule has 0 amide bonds. The fraction of sp³-hybridized carbons (Fsp3) is 0.294. The van der Waals surface area contributed by atoms with Crippen molar-refractivity contribution in [1.29, 1.82) is 0 Å². The highest BCUT2D eigenvalue weighted by Gasteiger charge is 2.05. The van der Waals surface area contributed by atoms with Crippen LogP contribution in [0.2, 0.25) is 5.02 Å². The van der Waals surface area contributed by atoms with Crippen LogP contribution >= 0.6 is 11.6 Å². The van der Waals surface area contributed by atoms with E-state index in [2.05, 4.69) is 18.3 Å². The minimum Gasteiger partial charge on any atom is -0.493 e. The van der Waals surface area contributed by atoms with Crippen LogP contribution in [-0.2, 0) is 6.42 Å². The predicted molar refractivity (Wildman–Crippen MR) is 87.8 cm³/mol. The molecule has 0 bridgehead atoms. The number of benzene rings is 2. The molecule has 0 saturated carbocycles. The molecule has 2 aromatic carbocycles. The van der Waals surface area contributed by atoms with E-state index in [4.69, 9.17) is 21.1 Å². The fourth-order valence-corrected chi connectivity index (χ4v) is 2.20. The molecule has 0 saturated heterocycles. The number of para-hydroxylation sites is 1. The van der Waals surface area contributed by atoms with Crippen LogP contribution in [0.1, 0.15) is 12.5 Å². The van der Waals surface area contributed by atoms with Crippen molar-refractivity contribution in [2.45, 2.75) is 13.3 Å². The van der Waals surface area contributed by atoms with Crippen molar-refractivity contribution >= 4 is 17.3 Å². The van der Waals surface area contributed by atoms with Gasteiger partial charge in [-0.05, 0) is 36.2 Å². The monoisotopic (exact) mass is 305 g/mol. The summed E-state index contributed by atoms with van der Waals surface area (Å²) in [4.78, 5) is 0. The number of rotatable bonds is 7. The summed E-state index contributed by atoms with van der Waals surface area (Å²) in [5.41, 5.74) is 2.14. The number of anilines is 1. The number of hydrogen-bond donors (Lipinski definition) is 1. The van der Waals surface area contributed by atoms with Crippen LogP contribution in [0.5, 0.6) is 11.5 Å². The van der Waals surface area contributed by atoms with E-state index >= 15 is 0 Å². The first kappa shape index (κ1) is 15.5. The lowest BCUT2D eigenvalue weighted by Gasteiger charge is -2.13. The van der Waals surface area contributed by atoms with Crippen molar-refractivity contribution in [2.75, 3.05) is 25.6 Å². The van der Waals surface area contributed by atoms with Crippen molar-refractivity contribution in [1.82, 2.24) is 0 Å². The van der Waals surface area contributed by atoms with Gasteiger partial charge in [0.25, 0.3) is 0 Å². The Bertz CT molecular complexity index is 587. The summed E-state index contributed by atoms with van der Waals surface area (Å²) in [5.74, 6) is 1.53. The van der Waals surface area contributed by atoms with Gasteiger partial charge in [0.2, 0.25) is 0 Å². The smallest absolute Gasteiger partial charge is 0.161 e. The van der Waals surface area contributed by atoms with E-state index in [9.17, 15) is 0 Å². The molecule has 112 valence electrons. The van der Waals surface area contributed by atoms with Crippen molar-refractivity contribution in [2.24, 2.45) is 0 Å². The Kier molecular flexibility index (Phi) is 5.76. The van der Waals surface area contributed by atoms with Crippen LogP contribution in [-0.4, -0.2) is 20.3 Å². The zero-order valence-corrected chi connectivity index (χ0v) is 13.1. The minimum absolute atomic E-state index is 0.535. The summed E-state index contributed by atoms with van der Waals surface area (Å²) >= 11 is 6.08. The van der Waals surface area contributed by atoms with E-state index in [-0.39, 0.29) is 0 Å². The fourth-order valence-electron chi connectivity index (χ4n) is 2.00. The molecule has 4 heteroatoms. The van der Waals surface area contributed by atoms with Gasteiger partial charge in [-0.1, -0.05) is 36.7 Å². The number of aryl methyl sites for hydroxylation is 1. The van der Waals surface area contributed by atoms with Gasteiger partial charge >= 0.3 is 0 Å². The molecule has 0 radical (unpaired) electrons. The maximum Gasteiger partial charge on any atom is 0.161 e. The van der Waals surface area contributed by atoms with E-state index in [1.165, 1.54) is 5.56 Å². The van der Waals surface area contributed by atoms with Crippen LogP contribution in [0.3, 0.4) is 0 Å². The molecule has 0 aliphatic rings. The molecule has 1 N–H and O–H groups in total. The first-order valence-corrected chi connectivity index (χ1v) is 7.40. The first-order chi connectivity index (χ1) is 10.2. The van der Waals surface area contributed by atoms with Crippen LogP contribution < -0.4 is 14.8 Å². The third-order valence-electron chi connectivity index (χ3n) is 3.19. The standard InChI is InChI=1S/C17H20ClNO2/c1-3-13-8-9-16(17(12-13)20-2)21-11-10-19-15-7-5-4-6-14(15)18/h4-9,12,19H,3,10-11H2,1-2H3. The van der Waals surface area contributed by atoms with Gasteiger partial charge in [-0.3, -0.25) is 0 Å². The zero-order chi connectivity index (χ0) is 15.1. The number of methoxy groups -OCH3 is 1. The summed E-state index contributed by atoms with van der Waals surface area (Å²) in [5, 5.41) is 3.96. The molecule has 0 aliphatic heterocycles. The summed E-state index contributed by atoms with van der Waals surface area (Å²) in [6.45, 7) is 3.32. The number of nitrogens with one attached hydrogen (secondary N) is 1. The van der Waals surface area contributed by atoms with Gasteiger partial charge in [0.1, 0.15) is 6.61 Å². The minimum atomic E-state index is 0.535. The van der Waals surface area contributed by atoms with Crippen LogP contribution in [0.15, 0.2) is 42.5 Å². The Morgan fingerprint density at radius 3 is 2.62 bits per heavy atom. The van der Waals surface area contributed by atoms with Crippen LogP contribution in [0.4, 0.5) is 5.69 Å². The van der Waals surface area contributed by atoms with E-state index in [0.29, 0.717) is 18.2 Å². The molecule has 0 atom stereocenters. The maximum atomic E-state index is 6.08. The highest BCUT2D eigenvalue weighted by Crippen LogP contribution is 2.28. The summed E-state index contributed by atoms with van der Waals surface area (Å²) in [6, 6.07) is 13.7. The van der Waals surface area contributed by atoms with Gasteiger partial charge in [-0.15, -0.1) is 0 Å². The molecule has 0 heterocycles. The Balaban J connectivity index is 1.87. The lowest BCUT2D eigenvalue weighted by molar-refractivity contribution is 0.305. The topological polar surface area (TPSA) is 30.5 Å². The quantitative estimate of drug-likeness (QED) is 0.769. The second kappa shape index (κ2) is 7.79. The summed E-state index contributed by atoms with van der Waals surface area (Å²) in [7, 11) is 1.66. The molecular formula is C17H20ClNO2. The summed E-state index contributed by atoms with van der Waals surface area (Å²) in [6.07, 6.45) is 0.977. The van der Waals surface area contributed by atoms with Gasteiger partial charge < -0.3 is 14.8 Å². The SMILES string of the molecule is CCc1ccc(OCCNc2ccccc2Cl)c(OC)c1. The van der Waals surface area contributed by atoms with E-state index < -0.39 is 0 Å². The molecule has 0 unspecified atom stereocenters. The molecular weight excluding hydrogens is 286 g/mol. The van der Waals surface area contributed by atoms with Gasteiger partial charge in [-0.2, -0.15) is 0 Å².